The van der Waals surface area contributed by atoms with Gasteiger partial charge in [0.05, 0.1) is 0 Å². The quantitative estimate of drug-likeness (QED) is 0.422. The second-order valence-electron chi connectivity index (χ2n) is 6.90. The molecule has 0 saturated heterocycles. The van der Waals surface area contributed by atoms with Gasteiger partial charge in [0.2, 0.25) is 0 Å². The molecule has 5 heteroatoms. The second kappa shape index (κ2) is 5.58. The van der Waals surface area contributed by atoms with Gasteiger partial charge in [0.1, 0.15) is 11.5 Å². The van der Waals surface area contributed by atoms with Gasteiger partial charge in [0.25, 0.3) is 5.17 Å². The topological polar surface area (TPSA) is 67.5 Å². The van der Waals surface area contributed by atoms with E-state index in [1.807, 2.05) is 41.5 Å². The predicted molar refractivity (Wildman–Crippen MR) is 86.1 cm³/mol. The largest absolute Gasteiger partial charge is 0.507 e. The highest BCUT2D eigenvalue weighted by molar-refractivity contribution is 7.80. The number of ether oxygens (including phenoxy) is 1. The van der Waals surface area contributed by atoms with E-state index in [9.17, 15) is 5.11 Å². The summed E-state index contributed by atoms with van der Waals surface area (Å²) in [4.78, 5) is 0. The molecule has 112 valence electrons. The van der Waals surface area contributed by atoms with E-state index in [2.05, 4.69) is 5.43 Å². The second-order valence-corrected chi connectivity index (χ2v) is 7.27. The van der Waals surface area contributed by atoms with E-state index >= 15 is 0 Å². The van der Waals surface area contributed by atoms with Crippen molar-refractivity contribution in [2.45, 2.75) is 52.4 Å². The lowest BCUT2D eigenvalue weighted by Crippen LogP contribution is -2.32. The number of hydrogen-bond donors (Lipinski definition) is 3. The van der Waals surface area contributed by atoms with Crippen molar-refractivity contribution in [2.75, 3.05) is 0 Å². The molecule has 0 aromatic heterocycles. The van der Waals surface area contributed by atoms with E-state index in [0.717, 1.165) is 11.1 Å². The van der Waals surface area contributed by atoms with Crippen LogP contribution in [0.4, 0.5) is 0 Å². The molecular weight excluding hydrogens is 272 g/mol. The van der Waals surface area contributed by atoms with E-state index in [4.69, 9.17) is 22.8 Å². The van der Waals surface area contributed by atoms with Crippen molar-refractivity contribution in [2.24, 2.45) is 5.84 Å². The van der Waals surface area contributed by atoms with Gasteiger partial charge in [-0.15, -0.1) is 0 Å². The maximum atomic E-state index is 10.5. The summed E-state index contributed by atoms with van der Waals surface area (Å²) in [6.45, 7) is 12.2. The Balaban J connectivity index is 3.46. The fourth-order valence-corrected chi connectivity index (χ4v) is 2.04. The Morgan fingerprint density at radius 3 is 1.80 bits per heavy atom. The minimum atomic E-state index is -0.207. The highest BCUT2D eigenvalue weighted by Crippen LogP contribution is 2.41. The zero-order chi connectivity index (χ0) is 15.7. The molecule has 4 nitrogen and oxygen atoms in total. The van der Waals surface area contributed by atoms with Gasteiger partial charge >= 0.3 is 0 Å². The van der Waals surface area contributed by atoms with Crippen LogP contribution in [0.2, 0.25) is 0 Å². The Hall–Kier alpha value is -1.33. The van der Waals surface area contributed by atoms with Gasteiger partial charge < -0.3 is 9.84 Å². The number of rotatable bonds is 1. The summed E-state index contributed by atoms with van der Waals surface area (Å²) < 4.78 is 5.47. The molecule has 1 rings (SSSR count). The van der Waals surface area contributed by atoms with Crippen LogP contribution in [0.1, 0.15) is 52.7 Å². The molecule has 4 N–H and O–H groups in total. The van der Waals surface area contributed by atoms with Crippen LogP contribution in [0.3, 0.4) is 0 Å². The van der Waals surface area contributed by atoms with Crippen LogP contribution in [-0.4, -0.2) is 10.3 Å². The molecule has 0 aliphatic rings. The number of hydrazine groups is 1. The van der Waals surface area contributed by atoms with Crippen LogP contribution in [0.5, 0.6) is 11.5 Å². The number of nitrogens with two attached hydrogens (primary N) is 1. The summed E-state index contributed by atoms with van der Waals surface area (Å²) in [7, 11) is 0. The van der Waals surface area contributed by atoms with E-state index < -0.39 is 0 Å². The number of nitrogens with one attached hydrogen (secondary N) is 1. The highest BCUT2D eigenvalue weighted by Gasteiger charge is 2.27. The van der Waals surface area contributed by atoms with Gasteiger partial charge in [-0.25, -0.2) is 5.84 Å². The normalized spacial score (nSPS) is 12.2. The number of thiocarbonyl (C=S) groups is 1. The van der Waals surface area contributed by atoms with E-state index in [0.29, 0.717) is 11.5 Å². The van der Waals surface area contributed by atoms with Crippen molar-refractivity contribution in [3.8, 4) is 11.5 Å². The first-order valence-electron chi connectivity index (χ1n) is 6.53. The van der Waals surface area contributed by atoms with Crippen molar-refractivity contribution in [1.29, 1.82) is 0 Å². The number of hydrogen-bond acceptors (Lipinski definition) is 4. The Kier molecular flexibility index (Phi) is 4.66. The molecule has 0 fully saturated rings. The summed E-state index contributed by atoms with van der Waals surface area (Å²) >= 11 is 4.92. The third kappa shape index (κ3) is 3.84. The molecule has 0 radical (unpaired) electrons. The third-order valence-corrected chi connectivity index (χ3v) is 3.23. The average molecular weight is 296 g/mol. The van der Waals surface area contributed by atoms with Gasteiger partial charge in [0, 0.05) is 11.1 Å². The molecule has 0 unspecified atom stereocenters. The Morgan fingerprint density at radius 1 is 1.10 bits per heavy atom. The van der Waals surface area contributed by atoms with Crippen molar-refractivity contribution >= 4 is 17.4 Å². The first-order chi connectivity index (χ1) is 8.96. The number of phenols is 1. The van der Waals surface area contributed by atoms with Crippen molar-refractivity contribution in [3.05, 3.63) is 23.3 Å². The van der Waals surface area contributed by atoms with Gasteiger partial charge in [-0.3, -0.25) is 5.43 Å². The van der Waals surface area contributed by atoms with Crippen molar-refractivity contribution in [1.82, 2.24) is 5.43 Å². The van der Waals surface area contributed by atoms with Crippen molar-refractivity contribution < 1.29 is 9.84 Å². The van der Waals surface area contributed by atoms with Crippen LogP contribution in [0.25, 0.3) is 0 Å². The van der Waals surface area contributed by atoms with Crippen molar-refractivity contribution in [3.63, 3.8) is 0 Å². The minimum absolute atomic E-state index is 0.0930. The van der Waals surface area contributed by atoms with Crippen LogP contribution in [-0.2, 0) is 10.8 Å². The lowest BCUT2D eigenvalue weighted by Gasteiger charge is -2.28. The summed E-state index contributed by atoms with van der Waals surface area (Å²) in [5.74, 6) is 6.11. The molecule has 1 aromatic rings. The monoisotopic (exact) mass is 296 g/mol. The zero-order valence-corrected chi connectivity index (χ0v) is 13.8. The van der Waals surface area contributed by atoms with E-state index in [1.165, 1.54) is 0 Å². The molecule has 0 atom stereocenters. The van der Waals surface area contributed by atoms with E-state index in [1.54, 1.807) is 12.1 Å². The standard InChI is InChI=1S/C15H24N2O2S/c1-14(2,3)10-7-9(19-13(20)17-16)8-11(12(10)18)15(4,5)6/h7-8,18H,16H2,1-6H3,(H,17,20). The molecule has 0 saturated carbocycles. The van der Waals surface area contributed by atoms with Gasteiger partial charge in [-0.1, -0.05) is 41.5 Å². The lowest BCUT2D eigenvalue weighted by atomic mass is 9.79. The summed E-state index contributed by atoms with van der Waals surface area (Å²) in [6, 6.07) is 3.60. The Labute approximate surface area is 126 Å². The van der Waals surface area contributed by atoms with Crippen LogP contribution >= 0.6 is 12.2 Å². The summed E-state index contributed by atoms with van der Waals surface area (Å²) in [5, 5.41) is 10.6. The molecule has 0 amide bonds. The lowest BCUT2D eigenvalue weighted by molar-refractivity contribution is 0.418. The van der Waals surface area contributed by atoms with Crippen LogP contribution in [0.15, 0.2) is 12.1 Å². The number of benzene rings is 1. The van der Waals surface area contributed by atoms with Crippen LogP contribution < -0.4 is 16.0 Å². The van der Waals surface area contributed by atoms with Gasteiger partial charge in [-0.2, -0.15) is 0 Å². The number of aromatic hydroxyl groups is 1. The fourth-order valence-electron chi connectivity index (χ4n) is 1.95. The number of phenolic OH excluding ortho intramolecular Hbond substituents is 1. The molecule has 0 spiro atoms. The van der Waals surface area contributed by atoms with Crippen LogP contribution in [0, 0.1) is 0 Å². The van der Waals surface area contributed by atoms with Gasteiger partial charge in [0.15, 0.2) is 0 Å². The summed E-state index contributed by atoms with van der Waals surface area (Å²) in [5.41, 5.74) is 3.52. The fraction of sp³-hybridized carbons (Fsp3) is 0.533. The van der Waals surface area contributed by atoms with Gasteiger partial charge in [-0.05, 0) is 35.2 Å². The predicted octanol–water partition coefficient (Wildman–Crippen LogP) is 3.11. The minimum Gasteiger partial charge on any atom is -0.507 e. The molecule has 0 aliphatic carbocycles. The Morgan fingerprint density at radius 2 is 1.50 bits per heavy atom. The maximum Gasteiger partial charge on any atom is 0.276 e. The first-order valence-corrected chi connectivity index (χ1v) is 6.94. The third-order valence-electron chi connectivity index (χ3n) is 3.03. The molecular formula is C15H24N2O2S. The SMILES string of the molecule is CC(C)(C)c1cc(OC(=S)NN)cc(C(C)(C)C)c1O. The molecule has 20 heavy (non-hydrogen) atoms. The highest BCUT2D eigenvalue weighted by atomic mass is 32.1. The molecule has 1 aromatic carbocycles. The Bertz CT molecular complexity index is 479. The molecule has 0 aliphatic heterocycles. The maximum absolute atomic E-state index is 10.5. The first kappa shape index (κ1) is 16.7. The molecule has 0 bridgehead atoms. The smallest absolute Gasteiger partial charge is 0.276 e. The zero-order valence-electron chi connectivity index (χ0n) is 13.0. The van der Waals surface area contributed by atoms with E-state index in [-0.39, 0.29) is 16.0 Å². The summed E-state index contributed by atoms with van der Waals surface area (Å²) in [6.07, 6.45) is 0. The average Bonchev–Trinajstić information content (AvgIpc) is 2.28. The molecule has 0 heterocycles.